The van der Waals surface area contributed by atoms with Crippen molar-refractivity contribution in [2.45, 2.75) is 33.1 Å². The fourth-order valence-electron chi connectivity index (χ4n) is 2.91. The molecule has 0 saturated carbocycles. The van der Waals surface area contributed by atoms with Crippen LogP contribution in [0.25, 0.3) is 5.57 Å². The molecule has 2 nitrogen and oxygen atoms in total. The zero-order valence-corrected chi connectivity index (χ0v) is 12.7. The zero-order chi connectivity index (χ0) is 14.3. The predicted octanol–water partition coefficient (Wildman–Crippen LogP) is 4.31. The first-order valence-corrected chi connectivity index (χ1v) is 7.69. The normalized spacial score (nSPS) is 17.8. The minimum absolute atomic E-state index is 0.145. The molecule has 0 spiro atoms. The van der Waals surface area contributed by atoms with E-state index in [1.165, 1.54) is 11.1 Å². The Labute approximate surface area is 122 Å². The second-order valence-corrected chi connectivity index (χ2v) is 5.59. The van der Waals surface area contributed by atoms with Gasteiger partial charge in [-0.2, -0.15) is 0 Å². The Morgan fingerprint density at radius 3 is 2.25 bits per heavy atom. The van der Waals surface area contributed by atoms with Crippen molar-refractivity contribution in [2.24, 2.45) is 5.41 Å². The van der Waals surface area contributed by atoms with E-state index in [-0.39, 0.29) is 5.41 Å². The Hall–Kier alpha value is -1.12. The van der Waals surface area contributed by atoms with Gasteiger partial charge in [0.25, 0.3) is 0 Å². The van der Waals surface area contributed by atoms with Crippen LogP contribution < -0.4 is 0 Å². The Morgan fingerprint density at radius 2 is 1.65 bits per heavy atom. The predicted molar refractivity (Wildman–Crippen MR) is 83.7 cm³/mol. The summed E-state index contributed by atoms with van der Waals surface area (Å²) < 4.78 is 11.5. The summed E-state index contributed by atoms with van der Waals surface area (Å²) in [5.41, 5.74) is 2.92. The van der Waals surface area contributed by atoms with Gasteiger partial charge in [0.1, 0.15) is 0 Å². The van der Waals surface area contributed by atoms with Crippen molar-refractivity contribution in [3.8, 4) is 0 Å². The minimum atomic E-state index is 0.145. The molecular formula is C18H26O2. The van der Waals surface area contributed by atoms with Crippen LogP contribution in [-0.4, -0.2) is 26.4 Å². The number of benzene rings is 1. The van der Waals surface area contributed by atoms with Gasteiger partial charge in [0.2, 0.25) is 0 Å². The Bertz CT molecular complexity index is 414. The van der Waals surface area contributed by atoms with Crippen LogP contribution in [0.5, 0.6) is 0 Å². The smallest absolute Gasteiger partial charge is 0.0547 e. The van der Waals surface area contributed by atoms with Gasteiger partial charge in [-0.3, -0.25) is 0 Å². The second kappa shape index (κ2) is 7.61. The summed E-state index contributed by atoms with van der Waals surface area (Å²) in [6.07, 6.45) is 5.70. The van der Waals surface area contributed by atoms with E-state index in [1.54, 1.807) is 0 Å². The summed E-state index contributed by atoms with van der Waals surface area (Å²) in [6, 6.07) is 10.7. The topological polar surface area (TPSA) is 18.5 Å². The molecule has 0 bridgehead atoms. The average Bonchev–Trinajstić information content (AvgIpc) is 2.52. The first-order valence-electron chi connectivity index (χ1n) is 7.69. The number of hydrogen-bond acceptors (Lipinski definition) is 2. The van der Waals surface area contributed by atoms with Crippen LogP contribution in [0, 0.1) is 5.41 Å². The van der Waals surface area contributed by atoms with E-state index in [9.17, 15) is 0 Å². The van der Waals surface area contributed by atoms with E-state index in [0.717, 1.165) is 45.7 Å². The van der Waals surface area contributed by atoms with E-state index in [2.05, 4.69) is 50.3 Å². The number of allylic oxidation sites excluding steroid dienone is 2. The molecule has 0 heterocycles. The van der Waals surface area contributed by atoms with E-state index < -0.39 is 0 Å². The van der Waals surface area contributed by atoms with Crippen molar-refractivity contribution in [2.75, 3.05) is 26.4 Å². The Kier molecular flexibility index (Phi) is 5.81. The molecule has 1 aromatic rings. The number of rotatable bonds is 7. The molecule has 0 fully saturated rings. The highest BCUT2D eigenvalue weighted by molar-refractivity contribution is 5.66. The lowest BCUT2D eigenvalue weighted by Crippen LogP contribution is -2.34. The van der Waals surface area contributed by atoms with Crippen LogP contribution in [0.2, 0.25) is 0 Å². The van der Waals surface area contributed by atoms with Crippen molar-refractivity contribution < 1.29 is 9.47 Å². The summed E-state index contributed by atoms with van der Waals surface area (Å²) in [4.78, 5) is 0. The standard InChI is InChI=1S/C18H26O2/c1-3-19-14-18(15-20-4-2)12-8-11-17(13-18)16-9-6-5-7-10-16/h5-7,9-11H,3-4,8,12-15H2,1-2H3. The molecule has 0 amide bonds. The van der Waals surface area contributed by atoms with Crippen molar-refractivity contribution >= 4 is 5.57 Å². The van der Waals surface area contributed by atoms with Gasteiger partial charge in [-0.1, -0.05) is 36.4 Å². The number of ether oxygens (including phenoxy) is 2. The maximum Gasteiger partial charge on any atom is 0.0547 e. The van der Waals surface area contributed by atoms with Gasteiger partial charge < -0.3 is 9.47 Å². The third kappa shape index (κ3) is 3.94. The summed E-state index contributed by atoms with van der Waals surface area (Å²) in [6.45, 7) is 7.27. The Balaban J connectivity index is 2.12. The summed E-state index contributed by atoms with van der Waals surface area (Å²) >= 11 is 0. The van der Waals surface area contributed by atoms with Gasteiger partial charge in [0.15, 0.2) is 0 Å². The van der Waals surface area contributed by atoms with Crippen molar-refractivity contribution in [3.05, 3.63) is 42.0 Å². The second-order valence-electron chi connectivity index (χ2n) is 5.59. The maximum absolute atomic E-state index is 5.75. The molecule has 2 heteroatoms. The van der Waals surface area contributed by atoms with Gasteiger partial charge in [-0.15, -0.1) is 0 Å². The average molecular weight is 274 g/mol. The van der Waals surface area contributed by atoms with Gasteiger partial charge in [-0.05, 0) is 44.2 Å². The van der Waals surface area contributed by atoms with E-state index in [4.69, 9.17) is 9.47 Å². The van der Waals surface area contributed by atoms with Crippen LogP contribution in [0.15, 0.2) is 36.4 Å². The van der Waals surface area contributed by atoms with Gasteiger partial charge >= 0.3 is 0 Å². The molecule has 1 aliphatic carbocycles. The Morgan fingerprint density at radius 1 is 1.00 bits per heavy atom. The summed E-state index contributed by atoms with van der Waals surface area (Å²) in [7, 11) is 0. The SMILES string of the molecule is CCOCC1(COCC)CCC=C(c2ccccc2)C1. The molecule has 0 saturated heterocycles. The first-order chi connectivity index (χ1) is 9.79. The molecule has 0 aromatic heterocycles. The number of hydrogen-bond donors (Lipinski definition) is 0. The lowest BCUT2D eigenvalue weighted by Gasteiger charge is -2.37. The highest BCUT2D eigenvalue weighted by atomic mass is 16.5. The van der Waals surface area contributed by atoms with Crippen molar-refractivity contribution in [1.82, 2.24) is 0 Å². The summed E-state index contributed by atoms with van der Waals surface area (Å²) in [5.74, 6) is 0. The molecule has 0 N–H and O–H groups in total. The molecule has 1 aromatic carbocycles. The molecule has 20 heavy (non-hydrogen) atoms. The highest BCUT2D eigenvalue weighted by Crippen LogP contribution is 2.40. The van der Waals surface area contributed by atoms with E-state index >= 15 is 0 Å². The van der Waals surface area contributed by atoms with Crippen LogP contribution in [-0.2, 0) is 9.47 Å². The minimum Gasteiger partial charge on any atom is -0.381 e. The molecule has 0 unspecified atom stereocenters. The summed E-state index contributed by atoms with van der Waals surface area (Å²) in [5, 5.41) is 0. The third-order valence-electron chi connectivity index (χ3n) is 4.00. The third-order valence-corrected chi connectivity index (χ3v) is 4.00. The molecule has 0 aliphatic heterocycles. The van der Waals surface area contributed by atoms with Crippen LogP contribution in [0.3, 0.4) is 0 Å². The molecular weight excluding hydrogens is 248 g/mol. The molecule has 0 atom stereocenters. The van der Waals surface area contributed by atoms with Crippen molar-refractivity contribution in [3.63, 3.8) is 0 Å². The van der Waals surface area contributed by atoms with Gasteiger partial charge in [0, 0.05) is 18.6 Å². The molecule has 110 valence electrons. The van der Waals surface area contributed by atoms with Crippen molar-refractivity contribution in [1.29, 1.82) is 0 Å². The van der Waals surface area contributed by atoms with Gasteiger partial charge in [0.05, 0.1) is 13.2 Å². The van der Waals surface area contributed by atoms with Crippen LogP contribution >= 0.6 is 0 Å². The zero-order valence-electron chi connectivity index (χ0n) is 12.7. The fraction of sp³-hybridized carbons (Fsp3) is 0.556. The van der Waals surface area contributed by atoms with Crippen LogP contribution in [0.4, 0.5) is 0 Å². The highest BCUT2D eigenvalue weighted by Gasteiger charge is 2.34. The maximum atomic E-state index is 5.75. The quantitative estimate of drug-likeness (QED) is 0.737. The van der Waals surface area contributed by atoms with Gasteiger partial charge in [-0.25, -0.2) is 0 Å². The largest absolute Gasteiger partial charge is 0.381 e. The lowest BCUT2D eigenvalue weighted by molar-refractivity contribution is -0.0200. The molecule has 2 rings (SSSR count). The van der Waals surface area contributed by atoms with E-state index in [1.807, 2.05) is 0 Å². The monoisotopic (exact) mass is 274 g/mol. The first kappa shape index (κ1) is 15.3. The fourth-order valence-corrected chi connectivity index (χ4v) is 2.91. The van der Waals surface area contributed by atoms with Crippen LogP contribution in [0.1, 0.15) is 38.7 Å². The molecule has 1 aliphatic rings. The molecule has 0 radical (unpaired) electrons. The van der Waals surface area contributed by atoms with E-state index in [0.29, 0.717) is 0 Å². The lowest BCUT2D eigenvalue weighted by atomic mass is 9.73.